The van der Waals surface area contributed by atoms with Gasteiger partial charge in [-0.15, -0.1) is 0 Å². The zero-order valence-corrected chi connectivity index (χ0v) is 12.0. The van der Waals surface area contributed by atoms with Crippen molar-refractivity contribution in [1.82, 2.24) is 9.80 Å². The number of piperazine rings is 1. The third-order valence-corrected chi connectivity index (χ3v) is 4.66. The van der Waals surface area contributed by atoms with Crippen LogP contribution in [0.3, 0.4) is 0 Å². The highest BCUT2D eigenvalue weighted by molar-refractivity contribution is 4.82. The summed E-state index contributed by atoms with van der Waals surface area (Å²) in [5.74, 6) is 0.581. The van der Waals surface area contributed by atoms with Gasteiger partial charge in [0.05, 0.1) is 6.61 Å². The maximum absolute atomic E-state index is 6.30. The van der Waals surface area contributed by atoms with Crippen molar-refractivity contribution in [3.63, 3.8) is 0 Å². The average Bonchev–Trinajstić information content (AvgIpc) is 2.92. The van der Waals surface area contributed by atoms with Crippen LogP contribution in [0.15, 0.2) is 0 Å². The third kappa shape index (κ3) is 3.67. The van der Waals surface area contributed by atoms with Gasteiger partial charge in [0.15, 0.2) is 0 Å². The summed E-state index contributed by atoms with van der Waals surface area (Å²) in [7, 11) is 0. The molecule has 4 heteroatoms. The van der Waals surface area contributed by atoms with E-state index in [0.29, 0.717) is 12.0 Å². The fourth-order valence-corrected chi connectivity index (χ4v) is 2.98. The van der Waals surface area contributed by atoms with Gasteiger partial charge in [-0.1, -0.05) is 6.92 Å². The molecule has 0 aliphatic carbocycles. The van der Waals surface area contributed by atoms with Crippen LogP contribution in [0.1, 0.15) is 26.7 Å². The first-order chi connectivity index (χ1) is 8.70. The predicted octanol–water partition coefficient (Wildman–Crippen LogP) is 0.766. The van der Waals surface area contributed by atoms with E-state index in [4.69, 9.17) is 10.5 Å². The van der Waals surface area contributed by atoms with Crippen molar-refractivity contribution in [3.05, 3.63) is 0 Å². The molecule has 2 fully saturated rings. The minimum atomic E-state index is 0.294. The average molecular weight is 255 g/mol. The standard InChI is InChI=1S/C14H29N3O/c1-3-12(2)17-7-5-16(6-8-17)10-14(15)13-4-9-18-11-13/h12-14H,3-11,15H2,1-2H3. The summed E-state index contributed by atoms with van der Waals surface area (Å²) in [5, 5.41) is 0. The van der Waals surface area contributed by atoms with Gasteiger partial charge in [-0.3, -0.25) is 9.80 Å². The smallest absolute Gasteiger partial charge is 0.0510 e. The van der Waals surface area contributed by atoms with Gasteiger partial charge in [-0.25, -0.2) is 0 Å². The lowest BCUT2D eigenvalue weighted by Crippen LogP contribution is -2.53. The molecule has 2 heterocycles. The Labute approximate surface area is 111 Å². The number of hydrogen-bond donors (Lipinski definition) is 1. The minimum Gasteiger partial charge on any atom is -0.381 e. The summed E-state index contributed by atoms with van der Waals surface area (Å²) in [6.07, 6.45) is 2.40. The molecular weight excluding hydrogens is 226 g/mol. The Morgan fingerprint density at radius 3 is 2.56 bits per heavy atom. The van der Waals surface area contributed by atoms with E-state index in [2.05, 4.69) is 23.6 Å². The van der Waals surface area contributed by atoms with Crippen molar-refractivity contribution in [2.24, 2.45) is 11.7 Å². The summed E-state index contributed by atoms with van der Waals surface area (Å²) >= 11 is 0. The minimum absolute atomic E-state index is 0.294. The molecule has 3 atom stereocenters. The number of nitrogens with zero attached hydrogens (tertiary/aromatic N) is 2. The lowest BCUT2D eigenvalue weighted by atomic mass is 9.99. The van der Waals surface area contributed by atoms with Crippen LogP contribution in [-0.4, -0.2) is 67.8 Å². The fourth-order valence-electron chi connectivity index (χ4n) is 2.98. The van der Waals surface area contributed by atoms with Crippen LogP contribution in [0, 0.1) is 5.92 Å². The molecule has 3 unspecified atom stereocenters. The zero-order chi connectivity index (χ0) is 13.0. The molecule has 18 heavy (non-hydrogen) atoms. The van der Waals surface area contributed by atoms with Crippen LogP contribution in [0.5, 0.6) is 0 Å². The molecular formula is C14H29N3O. The molecule has 2 aliphatic rings. The molecule has 0 saturated carbocycles. The highest BCUT2D eigenvalue weighted by Gasteiger charge is 2.26. The number of hydrogen-bond acceptors (Lipinski definition) is 4. The van der Waals surface area contributed by atoms with Crippen LogP contribution < -0.4 is 5.73 Å². The van der Waals surface area contributed by atoms with Gasteiger partial charge in [0, 0.05) is 57.3 Å². The van der Waals surface area contributed by atoms with Crippen LogP contribution in [-0.2, 0) is 4.74 Å². The summed E-state index contributed by atoms with van der Waals surface area (Å²) in [5.41, 5.74) is 6.30. The molecule has 2 aliphatic heterocycles. The largest absolute Gasteiger partial charge is 0.381 e. The Morgan fingerprint density at radius 1 is 1.28 bits per heavy atom. The topological polar surface area (TPSA) is 41.7 Å². The second-order valence-electron chi connectivity index (χ2n) is 5.88. The first-order valence-electron chi connectivity index (χ1n) is 7.50. The summed E-state index contributed by atoms with van der Waals surface area (Å²) in [4.78, 5) is 5.13. The molecule has 0 radical (unpaired) electrons. The summed E-state index contributed by atoms with van der Waals surface area (Å²) in [6, 6.07) is 1.02. The monoisotopic (exact) mass is 255 g/mol. The number of rotatable bonds is 5. The molecule has 0 amide bonds. The molecule has 0 bridgehead atoms. The van der Waals surface area contributed by atoms with E-state index in [9.17, 15) is 0 Å². The molecule has 0 aromatic heterocycles. The lowest BCUT2D eigenvalue weighted by molar-refractivity contribution is 0.0904. The van der Waals surface area contributed by atoms with E-state index in [1.54, 1.807) is 0 Å². The predicted molar refractivity (Wildman–Crippen MR) is 74.7 cm³/mol. The van der Waals surface area contributed by atoms with Crippen molar-refractivity contribution in [3.8, 4) is 0 Å². The van der Waals surface area contributed by atoms with Crippen molar-refractivity contribution >= 4 is 0 Å². The SMILES string of the molecule is CCC(C)N1CCN(CC(N)C2CCOC2)CC1. The number of ether oxygens (including phenoxy) is 1. The van der Waals surface area contributed by atoms with Crippen LogP contribution in [0.4, 0.5) is 0 Å². The van der Waals surface area contributed by atoms with Crippen molar-refractivity contribution in [2.75, 3.05) is 45.9 Å². The molecule has 2 rings (SSSR count). The molecule has 0 aromatic rings. The van der Waals surface area contributed by atoms with Gasteiger partial charge < -0.3 is 10.5 Å². The van der Waals surface area contributed by atoms with E-state index in [-0.39, 0.29) is 0 Å². The number of nitrogens with two attached hydrogens (primary N) is 1. The quantitative estimate of drug-likeness (QED) is 0.788. The van der Waals surface area contributed by atoms with E-state index < -0.39 is 0 Å². The van der Waals surface area contributed by atoms with Gasteiger partial charge in [0.2, 0.25) is 0 Å². The maximum atomic E-state index is 6.30. The maximum Gasteiger partial charge on any atom is 0.0510 e. The lowest BCUT2D eigenvalue weighted by Gasteiger charge is -2.39. The van der Waals surface area contributed by atoms with E-state index in [1.807, 2.05) is 0 Å². The highest BCUT2D eigenvalue weighted by atomic mass is 16.5. The normalized spacial score (nSPS) is 30.5. The van der Waals surface area contributed by atoms with Gasteiger partial charge >= 0.3 is 0 Å². The van der Waals surface area contributed by atoms with Gasteiger partial charge in [0.25, 0.3) is 0 Å². The Morgan fingerprint density at radius 2 is 2.00 bits per heavy atom. The Balaban J connectivity index is 1.69. The zero-order valence-electron chi connectivity index (χ0n) is 12.0. The third-order valence-electron chi connectivity index (χ3n) is 4.66. The molecule has 2 saturated heterocycles. The molecule has 0 spiro atoms. The molecule has 106 valence electrons. The van der Waals surface area contributed by atoms with Crippen LogP contribution in [0.2, 0.25) is 0 Å². The Bertz CT molecular complexity index is 235. The summed E-state index contributed by atoms with van der Waals surface area (Å²) in [6.45, 7) is 12.2. The van der Waals surface area contributed by atoms with Gasteiger partial charge in [-0.2, -0.15) is 0 Å². The highest BCUT2D eigenvalue weighted by Crippen LogP contribution is 2.17. The van der Waals surface area contributed by atoms with E-state index in [0.717, 1.165) is 32.2 Å². The Kier molecular flexibility index (Phi) is 5.42. The second kappa shape index (κ2) is 6.85. The fraction of sp³-hybridized carbons (Fsp3) is 1.00. The second-order valence-corrected chi connectivity index (χ2v) is 5.88. The van der Waals surface area contributed by atoms with Crippen LogP contribution >= 0.6 is 0 Å². The van der Waals surface area contributed by atoms with E-state index in [1.165, 1.54) is 32.6 Å². The Hall–Kier alpha value is -0.160. The van der Waals surface area contributed by atoms with Crippen molar-refractivity contribution in [1.29, 1.82) is 0 Å². The van der Waals surface area contributed by atoms with E-state index >= 15 is 0 Å². The van der Waals surface area contributed by atoms with Crippen molar-refractivity contribution < 1.29 is 4.74 Å². The van der Waals surface area contributed by atoms with Gasteiger partial charge in [-0.05, 0) is 19.8 Å². The molecule has 0 aromatic carbocycles. The van der Waals surface area contributed by atoms with Gasteiger partial charge in [0.1, 0.15) is 0 Å². The molecule has 2 N–H and O–H groups in total. The summed E-state index contributed by atoms with van der Waals surface area (Å²) < 4.78 is 5.42. The van der Waals surface area contributed by atoms with Crippen LogP contribution in [0.25, 0.3) is 0 Å². The molecule has 4 nitrogen and oxygen atoms in total. The first kappa shape index (κ1) is 14.3. The first-order valence-corrected chi connectivity index (χ1v) is 7.50. The van der Waals surface area contributed by atoms with Crippen molar-refractivity contribution in [2.45, 2.75) is 38.8 Å².